The fourth-order valence-electron chi connectivity index (χ4n) is 1.37. The molecule has 0 amide bonds. The lowest BCUT2D eigenvalue weighted by Crippen LogP contribution is -2.25. The number of alkyl halides is 1. The van der Waals surface area contributed by atoms with Crippen molar-refractivity contribution in [1.29, 1.82) is 0 Å². The van der Waals surface area contributed by atoms with E-state index in [4.69, 9.17) is 5.73 Å². The molecule has 21 heavy (non-hydrogen) atoms. The highest BCUT2D eigenvalue weighted by Gasteiger charge is 1.99. The predicted molar refractivity (Wildman–Crippen MR) is 104 cm³/mol. The average Bonchev–Trinajstić information content (AvgIpc) is 2.51. The maximum Gasteiger partial charge on any atom is 0.0160 e. The topological polar surface area (TPSA) is 29.3 Å². The van der Waals surface area contributed by atoms with E-state index in [1.165, 1.54) is 51.6 Å². The first-order valence-corrected chi connectivity index (χ1v) is 9.50. The molecular weight excluding hydrogens is 324 g/mol. The molecule has 0 heterocycles. The maximum atomic E-state index is 4.91. The van der Waals surface area contributed by atoms with Crippen LogP contribution in [0.5, 0.6) is 0 Å². The lowest BCUT2D eigenvalue weighted by atomic mass is 10.2. The van der Waals surface area contributed by atoms with E-state index in [-0.39, 0.29) is 0 Å². The van der Waals surface area contributed by atoms with Crippen LogP contribution in [0.1, 0.15) is 59.3 Å². The van der Waals surface area contributed by atoms with Gasteiger partial charge in [0.2, 0.25) is 0 Å². The van der Waals surface area contributed by atoms with Crippen LogP contribution in [0.4, 0.5) is 0 Å². The molecule has 0 saturated heterocycles. The summed E-state index contributed by atoms with van der Waals surface area (Å²) in [4.78, 5) is 2.49. The van der Waals surface area contributed by atoms with Crippen molar-refractivity contribution in [3.05, 3.63) is 25.3 Å². The molecule has 0 spiro atoms. The van der Waals surface area contributed by atoms with Gasteiger partial charge in [0, 0.05) is 18.4 Å². The Morgan fingerprint density at radius 1 is 0.905 bits per heavy atom. The minimum absolute atomic E-state index is 0.583. The van der Waals surface area contributed by atoms with E-state index in [9.17, 15) is 0 Å². The first kappa shape index (κ1) is 25.8. The van der Waals surface area contributed by atoms with Crippen molar-refractivity contribution in [3.8, 4) is 0 Å². The van der Waals surface area contributed by atoms with Gasteiger partial charge in [-0.1, -0.05) is 68.1 Å². The van der Waals surface area contributed by atoms with E-state index in [0.29, 0.717) is 6.54 Å². The molecule has 0 aliphatic rings. The average molecular weight is 363 g/mol. The summed E-state index contributed by atoms with van der Waals surface area (Å²) in [6.45, 7) is 17.9. The molecule has 2 nitrogen and oxygen atoms in total. The summed E-state index contributed by atoms with van der Waals surface area (Å²) >= 11 is 3.31. The largest absolute Gasteiger partial charge is 0.327 e. The quantitative estimate of drug-likeness (QED) is 0.394. The summed E-state index contributed by atoms with van der Waals surface area (Å²) in [5.41, 5.74) is 4.91. The highest BCUT2D eigenvalue weighted by atomic mass is 79.9. The summed E-state index contributed by atoms with van der Waals surface area (Å²) in [5.74, 6) is 0. The van der Waals surface area contributed by atoms with Crippen molar-refractivity contribution < 1.29 is 0 Å². The highest BCUT2D eigenvalue weighted by molar-refractivity contribution is 9.09. The van der Waals surface area contributed by atoms with Crippen LogP contribution in [-0.4, -0.2) is 36.4 Å². The van der Waals surface area contributed by atoms with E-state index >= 15 is 0 Å². The second-order valence-electron chi connectivity index (χ2n) is 4.86. The molecule has 0 fully saturated rings. The van der Waals surface area contributed by atoms with E-state index in [2.05, 4.69) is 54.8 Å². The van der Waals surface area contributed by atoms with Gasteiger partial charge in [-0.15, -0.1) is 13.2 Å². The van der Waals surface area contributed by atoms with Crippen LogP contribution in [0.25, 0.3) is 0 Å². The predicted octanol–water partition coefficient (Wildman–Crippen LogP) is 5.39. The van der Waals surface area contributed by atoms with Crippen LogP contribution in [0.15, 0.2) is 25.3 Å². The van der Waals surface area contributed by atoms with E-state index in [1.807, 2.05) is 6.08 Å². The monoisotopic (exact) mass is 362 g/mol. The van der Waals surface area contributed by atoms with Gasteiger partial charge in [0.25, 0.3) is 0 Å². The zero-order valence-corrected chi connectivity index (χ0v) is 16.3. The molecule has 0 aliphatic heterocycles. The molecule has 3 heteroatoms. The third-order valence-corrected chi connectivity index (χ3v) is 3.26. The van der Waals surface area contributed by atoms with Gasteiger partial charge in [0.15, 0.2) is 0 Å². The highest BCUT2D eigenvalue weighted by Crippen LogP contribution is 1.98. The smallest absolute Gasteiger partial charge is 0.0160 e. The van der Waals surface area contributed by atoms with Crippen LogP contribution in [0.3, 0.4) is 0 Å². The number of rotatable bonds is 11. The van der Waals surface area contributed by atoms with Crippen molar-refractivity contribution in [2.45, 2.75) is 59.3 Å². The van der Waals surface area contributed by atoms with Gasteiger partial charge in [0.1, 0.15) is 0 Å². The van der Waals surface area contributed by atoms with E-state index in [0.717, 1.165) is 11.9 Å². The Balaban J connectivity index is -0.000000297. The summed E-state index contributed by atoms with van der Waals surface area (Å²) < 4.78 is 0. The van der Waals surface area contributed by atoms with Crippen LogP contribution >= 0.6 is 15.9 Å². The second kappa shape index (κ2) is 28.1. The molecular formula is C18H39BrN2. The zero-order chi connectivity index (χ0) is 16.8. The van der Waals surface area contributed by atoms with Gasteiger partial charge in [-0.05, 0) is 32.4 Å². The number of halogens is 1. The summed E-state index contributed by atoms with van der Waals surface area (Å²) in [6.07, 6.45) is 11.5. The minimum atomic E-state index is 0.583. The normalized spacial score (nSPS) is 9.24. The summed E-state index contributed by atoms with van der Waals surface area (Å²) in [6, 6.07) is 0. The van der Waals surface area contributed by atoms with Crippen LogP contribution in [0.2, 0.25) is 0 Å². The molecule has 0 unspecified atom stereocenters. The van der Waals surface area contributed by atoms with Crippen molar-refractivity contribution in [3.63, 3.8) is 0 Å². The van der Waals surface area contributed by atoms with Crippen molar-refractivity contribution in [2.24, 2.45) is 5.73 Å². The van der Waals surface area contributed by atoms with Crippen molar-refractivity contribution in [1.82, 2.24) is 4.90 Å². The Bertz CT molecular complexity index is 174. The number of unbranched alkanes of at least 4 members (excludes halogenated alkanes) is 3. The van der Waals surface area contributed by atoms with Gasteiger partial charge in [-0.25, -0.2) is 0 Å². The minimum Gasteiger partial charge on any atom is -0.327 e. The molecule has 128 valence electrons. The van der Waals surface area contributed by atoms with Crippen LogP contribution in [-0.2, 0) is 0 Å². The van der Waals surface area contributed by atoms with E-state index in [1.54, 1.807) is 6.08 Å². The molecule has 0 aromatic carbocycles. The fourth-order valence-corrected chi connectivity index (χ4v) is 1.93. The van der Waals surface area contributed by atoms with Crippen LogP contribution in [0, 0.1) is 0 Å². The Kier molecular flexibility index (Phi) is 34.5. The molecule has 0 atom stereocenters. The second-order valence-corrected chi connectivity index (χ2v) is 5.66. The molecule has 0 aliphatic carbocycles. The molecule has 0 radical (unpaired) electrons. The van der Waals surface area contributed by atoms with Gasteiger partial charge >= 0.3 is 0 Å². The van der Waals surface area contributed by atoms with Gasteiger partial charge in [0.05, 0.1) is 0 Å². The molecule has 2 N–H and O–H groups in total. The first-order valence-electron chi connectivity index (χ1n) is 8.38. The molecule has 0 bridgehead atoms. The SMILES string of the molecule is C=CCN.C=CCN(CCCC)CCCC.CCCCBr. The summed E-state index contributed by atoms with van der Waals surface area (Å²) in [5, 5.41) is 1.16. The van der Waals surface area contributed by atoms with E-state index < -0.39 is 0 Å². The number of nitrogens with zero attached hydrogens (tertiary/aromatic N) is 1. The number of hydrogen-bond acceptors (Lipinski definition) is 2. The van der Waals surface area contributed by atoms with Crippen molar-refractivity contribution in [2.75, 3.05) is 31.5 Å². The van der Waals surface area contributed by atoms with Gasteiger partial charge in [-0.3, -0.25) is 4.90 Å². The third kappa shape index (κ3) is 33.0. The Morgan fingerprint density at radius 2 is 1.33 bits per heavy atom. The Hall–Kier alpha value is -0.120. The van der Waals surface area contributed by atoms with Crippen LogP contribution < -0.4 is 5.73 Å². The molecule has 0 saturated carbocycles. The summed E-state index contributed by atoms with van der Waals surface area (Å²) in [7, 11) is 0. The Labute approximate surface area is 143 Å². The van der Waals surface area contributed by atoms with Gasteiger partial charge < -0.3 is 5.73 Å². The number of hydrogen-bond donors (Lipinski definition) is 1. The van der Waals surface area contributed by atoms with Crippen molar-refractivity contribution >= 4 is 15.9 Å². The standard InChI is InChI=1S/C11H23N.C4H9Br.C3H7N/c1-4-7-10-12(9-6-3)11-8-5-2;1-2-3-4-5;1-2-3-4/h6H,3-5,7-11H2,1-2H3;2-4H2,1H3;2H,1,3-4H2. The van der Waals surface area contributed by atoms with Gasteiger partial charge in [-0.2, -0.15) is 0 Å². The lowest BCUT2D eigenvalue weighted by molar-refractivity contribution is 0.292. The Morgan fingerprint density at radius 3 is 1.52 bits per heavy atom. The molecule has 0 aromatic rings. The zero-order valence-electron chi connectivity index (χ0n) is 14.7. The molecule has 0 aromatic heterocycles. The first-order chi connectivity index (χ1) is 10.2. The third-order valence-electron chi connectivity index (χ3n) is 2.70. The maximum absolute atomic E-state index is 4.91. The molecule has 0 rings (SSSR count). The number of nitrogens with two attached hydrogens (primary N) is 1. The fraction of sp³-hybridized carbons (Fsp3) is 0.778. The lowest BCUT2D eigenvalue weighted by Gasteiger charge is -2.19.